The van der Waals surface area contributed by atoms with E-state index in [9.17, 15) is 20.2 Å². The highest BCUT2D eigenvalue weighted by atomic mass is 19.1. The summed E-state index contributed by atoms with van der Waals surface area (Å²) in [5, 5.41) is 29.8. The number of fused-ring (bicyclic) bond motifs is 1. The number of ether oxygens (including phenoxy) is 1. The molecule has 2 atom stereocenters. The number of allylic oxidation sites excluding steroid dienone is 2. The summed E-state index contributed by atoms with van der Waals surface area (Å²) in [6, 6.07) is 10.4. The minimum atomic E-state index is -1.85. The van der Waals surface area contributed by atoms with E-state index in [2.05, 4.69) is 17.9 Å². The van der Waals surface area contributed by atoms with Crippen molar-refractivity contribution in [1.82, 2.24) is 4.90 Å². The lowest BCUT2D eigenvalue weighted by molar-refractivity contribution is 0.205. The molecule has 148 valence electrons. The third-order valence-electron chi connectivity index (χ3n) is 5.82. The van der Waals surface area contributed by atoms with Gasteiger partial charge in [-0.3, -0.25) is 4.90 Å². The third kappa shape index (κ3) is 3.12. The first-order valence-corrected chi connectivity index (χ1v) is 9.46. The Balaban J connectivity index is 2.32. The van der Waals surface area contributed by atoms with Crippen LogP contribution in [0.5, 0.6) is 5.75 Å². The maximum atomic E-state index is 15.0. The predicted molar refractivity (Wildman–Crippen MR) is 104 cm³/mol. The maximum absolute atomic E-state index is 15.0. The van der Waals surface area contributed by atoms with Gasteiger partial charge in [0.15, 0.2) is 5.41 Å². The Kier molecular flexibility index (Phi) is 5.59. The number of benzene rings is 1. The van der Waals surface area contributed by atoms with Crippen molar-refractivity contribution < 1.29 is 9.13 Å². The molecule has 1 aliphatic heterocycles. The maximum Gasteiger partial charge on any atom is 0.191 e. The van der Waals surface area contributed by atoms with Crippen LogP contribution in [0.4, 0.5) is 4.39 Å². The van der Waals surface area contributed by atoms with Gasteiger partial charge in [0.05, 0.1) is 30.5 Å². The summed E-state index contributed by atoms with van der Waals surface area (Å²) in [5.74, 6) is -1.40. The van der Waals surface area contributed by atoms with Crippen LogP contribution in [0.2, 0.25) is 0 Å². The van der Waals surface area contributed by atoms with Gasteiger partial charge in [-0.2, -0.15) is 15.8 Å². The Morgan fingerprint density at radius 1 is 1.31 bits per heavy atom. The smallest absolute Gasteiger partial charge is 0.191 e. The van der Waals surface area contributed by atoms with E-state index in [1.807, 2.05) is 18.2 Å². The second kappa shape index (κ2) is 7.95. The molecule has 0 saturated carbocycles. The number of nitriles is 3. The Labute approximate surface area is 169 Å². The molecule has 29 heavy (non-hydrogen) atoms. The van der Waals surface area contributed by atoms with Crippen LogP contribution in [-0.4, -0.2) is 31.6 Å². The normalized spacial score (nSPS) is 23.2. The van der Waals surface area contributed by atoms with Crippen LogP contribution >= 0.6 is 0 Å². The molecule has 0 unspecified atom stereocenters. The fourth-order valence-corrected chi connectivity index (χ4v) is 4.47. The average molecular weight is 391 g/mol. The molecule has 0 fully saturated rings. The summed E-state index contributed by atoms with van der Waals surface area (Å²) in [6.07, 6.45) is 2.85. The number of hydrogen-bond acceptors (Lipinski definition) is 6. The molecule has 0 bridgehead atoms. The van der Waals surface area contributed by atoms with Crippen LogP contribution in [0.15, 0.2) is 41.1 Å². The minimum absolute atomic E-state index is 0.108. The van der Waals surface area contributed by atoms with Crippen molar-refractivity contribution >= 4 is 0 Å². The molecule has 1 heterocycles. The van der Waals surface area contributed by atoms with E-state index in [1.54, 1.807) is 0 Å². The van der Waals surface area contributed by atoms with Crippen molar-refractivity contribution in [2.45, 2.75) is 19.3 Å². The molecule has 0 radical (unpaired) electrons. The number of nitrogens with zero attached hydrogens (tertiary/aromatic N) is 4. The van der Waals surface area contributed by atoms with Crippen molar-refractivity contribution in [2.24, 2.45) is 17.1 Å². The van der Waals surface area contributed by atoms with Crippen molar-refractivity contribution in [2.75, 3.05) is 26.7 Å². The topological polar surface area (TPSA) is 110 Å². The second-order valence-corrected chi connectivity index (χ2v) is 7.32. The second-order valence-electron chi connectivity index (χ2n) is 7.32. The highest BCUT2D eigenvalue weighted by molar-refractivity contribution is 5.59. The first-order valence-electron chi connectivity index (χ1n) is 9.46. The Morgan fingerprint density at radius 2 is 2.03 bits per heavy atom. The van der Waals surface area contributed by atoms with E-state index in [4.69, 9.17) is 10.5 Å². The minimum Gasteiger partial charge on any atom is -0.497 e. The molecular weight excluding hydrogens is 369 g/mol. The van der Waals surface area contributed by atoms with Crippen molar-refractivity contribution in [3.63, 3.8) is 0 Å². The Morgan fingerprint density at radius 3 is 2.62 bits per heavy atom. The zero-order valence-electron chi connectivity index (χ0n) is 16.4. The molecule has 0 amide bonds. The monoisotopic (exact) mass is 391 g/mol. The quantitative estimate of drug-likeness (QED) is 0.845. The van der Waals surface area contributed by atoms with E-state index in [1.165, 1.54) is 25.3 Å². The highest BCUT2D eigenvalue weighted by Crippen LogP contribution is 2.54. The number of methoxy groups -OCH3 is 1. The summed E-state index contributed by atoms with van der Waals surface area (Å²) in [7, 11) is 1.47. The molecule has 7 heteroatoms. The van der Waals surface area contributed by atoms with Gasteiger partial charge in [-0.1, -0.05) is 13.0 Å². The lowest BCUT2D eigenvalue weighted by Gasteiger charge is -2.45. The highest BCUT2D eigenvalue weighted by Gasteiger charge is 2.55. The SMILES string of the molecule is CCCN1CC=C2C(C#N)=C(N)C(C#N)(C#N)[C@H](c3cc(OC)ccc3F)[C@@H]2C1. The molecule has 2 N–H and O–H groups in total. The number of rotatable bonds is 4. The third-order valence-corrected chi connectivity index (χ3v) is 5.82. The molecule has 1 aliphatic carbocycles. The summed E-state index contributed by atoms with van der Waals surface area (Å²) in [4.78, 5) is 2.18. The molecule has 6 nitrogen and oxygen atoms in total. The first kappa shape index (κ1) is 20.4. The fourth-order valence-electron chi connectivity index (χ4n) is 4.47. The molecule has 1 aromatic rings. The molecule has 2 aliphatic rings. The Bertz CT molecular complexity index is 993. The van der Waals surface area contributed by atoms with Crippen molar-refractivity contribution in [1.29, 1.82) is 15.8 Å². The van der Waals surface area contributed by atoms with E-state index in [-0.39, 0.29) is 16.8 Å². The van der Waals surface area contributed by atoms with E-state index < -0.39 is 23.1 Å². The zero-order valence-corrected chi connectivity index (χ0v) is 16.4. The van der Waals surface area contributed by atoms with Crippen molar-refractivity contribution in [3.05, 3.63) is 52.5 Å². The van der Waals surface area contributed by atoms with Gasteiger partial charge in [0.1, 0.15) is 17.6 Å². The van der Waals surface area contributed by atoms with Gasteiger partial charge in [0, 0.05) is 24.9 Å². The molecule has 1 aromatic carbocycles. The van der Waals surface area contributed by atoms with Crippen LogP contribution in [-0.2, 0) is 0 Å². The molecule has 0 saturated heterocycles. The van der Waals surface area contributed by atoms with Gasteiger partial charge in [-0.25, -0.2) is 4.39 Å². The summed E-state index contributed by atoms with van der Waals surface area (Å²) < 4.78 is 20.2. The van der Waals surface area contributed by atoms with Crippen LogP contribution in [0.25, 0.3) is 0 Å². The average Bonchev–Trinajstić information content (AvgIpc) is 2.74. The fraction of sp³-hybridized carbons (Fsp3) is 0.409. The summed E-state index contributed by atoms with van der Waals surface area (Å²) in [5.41, 5.74) is 5.33. The lowest BCUT2D eigenvalue weighted by Crippen LogP contribution is -2.48. The van der Waals surface area contributed by atoms with Crippen LogP contribution in [0, 0.1) is 51.1 Å². The Hall–Kier alpha value is -3.34. The van der Waals surface area contributed by atoms with Gasteiger partial charge in [-0.15, -0.1) is 0 Å². The predicted octanol–water partition coefficient (Wildman–Crippen LogP) is 2.97. The zero-order chi connectivity index (χ0) is 21.2. The number of halogens is 1. The first-order chi connectivity index (χ1) is 14.0. The molecule has 3 rings (SSSR count). The van der Waals surface area contributed by atoms with Gasteiger partial charge < -0.3 is 10.5 Å². The lowest BCUT2D eigenvalue weighted by atomic mass is 9.58. The summed E-state index contributed by atoms with van der Waals surface area (Å²) in [6.45, 7) is 4.02. The van der Waals surface area contributed by atoms with E-state index in [0.29, 0.717) is 24.4 Å². The standard InChI is InChI=1S/C22H22FN5O/c1-3-7-28-8-6-15-17(10-24)21(27)22(12-25,13-26)20(18(15)11-28)16-9-14(29-2)4-5-19(16)23/h4-6,9,18,20H,3,7-8,11,27H2,1-2H3/t18-,20-/m1/s1. The van der Waals surface area contributed by atoms with E-state index in [0.717, 1.165) is 13.0 Å². The van der Waals surface area contributed by atoms with Crippen LogP contribution in [0.3, 0.4) is 0 Å². The van der Waals surface area contributed by atoms with Crippen LogP contribution < -0.4 is 10.5 Å². The van der Waals surface area contributed by atoms with Crippen molar-refractivity contribution in [3.8, 4) is 24.0 Å². The molecule has 0 aromatic heterocycles. The van der Waals surface area contributed by atoms with Crippen LogP contribution in [0.1, 0.15) is 24.8 Å². The molecular formula is C22H22FN5O. The molecule has 0 spiro atoms. The largest absolute Gasteiger partial charge is 0.497 e. The number of hydrogen-bond donors (Lipinski definition) is 1. The van der Waals surface area contributed by atoms with Gasteiger partial charge in [0.2, 0.25) is 0 Å². The van der Waals surface area contributed by atoms with Gasteiger partial charge in [0.25, 0.3) is 0 Å². The van der Waals surface area contributed by atoms with Gasteiger partial charge in [-0.05, 0) is 42.3 Å². The van der Waals surface area contributed by atoms with Gasteiger partial charge >= 0.3 is 0 Å². The summed E-state index contributed by atoms with van der Waals surface area (Å²) >= 11 is 0. The number of nitrogens with two attached hydrogens (primary N) is 1. The van der Waals surface area contributed by atoms with E-state index >= 15 is 0 Å².